The van der Waals surface area contributed by atoms with E-state index in [0.29, 0.717) is 18.8 Å². The summed E-state index contributed by atoms with van der Waals surface area (Å²) >= 11 is 0. The highest BCUT2D eigenvalue weighted by Gasteiger charge is 2.28. The summed E-state index contributed by atoms with van der Waals surface area (Å²) < 4.78 is 5.45. The second-order valence-electron chi connectivity index (χ2n) is 7.28. The first-order valence-electron chi connectivity index (χ1n) is 9.43. The fourth-order valence-corrected chi connectivity index (χ4v) is 3.85. The van der Waals surface area contributed by atoms with Crippen molar-refractivity contribution in [1.82, 2.24) is 4.90 Å². The van der Waals surface area contributed by atoms with Gasteiger partial charge in [0.1, 0.15) is 0 Å². The van der Waals surface area contributed by atoms with E-state index in [1.54, 1.807) is 13.8 Å². The van der Waals surface area contributed by atoms with Gasteiger partial charge >= 0.3 is 0 Å². The van der Waals surface area contributed by atoms with Gasteiger partial charge in [0.15, 0.2) is 5.78 Å². The van der Waals surface area contributed by atoms with Crippen LogP contribution >= 0.6 is 0 Å². The molecule has 0 aliphatic carbocycles. The van der Waals surface area contributed by atoms with Gasteiger partial charge in [-0.25, -0.2) is 0 Å². The monoisotopic (exact) mass is 359 g/mol. The quantitative estimate of drug-likeness (QED) is 0.771. The van der Waals surface area contributed by atoms with E-state index in [-0.39, 0.29) is 17.7 Å². The number of ketones is 1. The number of hydrogen-bond acceptors (Lipinski definition) is 5. The second-order valence-corrected chi connectivity index (χ2v) is 7.28. The van der Waals surface area contributed by atoms with Gasteiger partial charge in [0.2, 0.25) is 5.91 Å². The highest BCUT2D eigenvalue weighted by Crippen LogP contribution is 2.32. The van der Waals surface area contributed by atoms with Crippen LogP contribution in [0.5, 0.6) is 0 Å². The normalized spacial score (nSPS) is 19.4. The minimum atomic E-state index is -0.0186. The molecule has 6 heteroatoms. The molecule has 1 amide bonds. The van der Waals surface area contributed by atoms with Crippen molar-refractivity contribution in [1.29, 1.82) is 0 Å². The molecule has 0 spiro atoms. The van der Waals surface area contributed by atoms with Gasteiger partial charge in [-0.2, -0.15) is 0 Å². The van der Waals surface area contributed by atoms with Gasteiger partial charge in [-0.1, -0.05) is 0 Å². The van der Waals surface area contributed by atoms with Crippen LogP contribution in [0.4, 0.5) is 11.4 Å². The van der Waals surface area contributed by atoms with Crippen LogP contribution in [0.15, 0.2) is 18.2 Å². The summed E-state index contributed by atoms with van der Waals surface area (Å²) in [5, 5.41) is 0. The number of carbonyl (C=O) groups is 2. The van der Waals surface area contributed by atoms with Crippen molar-refractivity contribution >= 4 is 23.1 Å². The van der Waals surface area contributed by atoms with Crippen molar-refractivity contribution < 1.29 is 14.3 Å². The zero-order valence-corrected chi connectivity index (χ0v) is 16.0. The Hall–Kier alpha value is -1.92. The molecule has 26 heavy (non-hydrogen) atoms. The maximum absolute atomic E-state index is 12.5. The molecular formula is C20H29N3O3. The Morgan fingerprint density at radius 3 is 2.31 bits per heavy atom. The van der Waals surface area contributed by atoms with Crippen LogP contribution in [-0.2, 0) is 9.53 Å². The number of piperazine rings is 1. The lowest BCUT2D eigenvalue weighted by Crippen LogP contribution is -2.45. The number of carbonyl (C=O) groups excluding carboxylic acids is 2. The number of anilines is 2. The third-order valence-corrected chi connectivity index (χ3v) is 5.38. The number of likely N-dealkylation sites (N-methyl/N-ethyl adjacent to an activating group) is 1. The number of benzene rings is 1. The Kier molecular flexibility index (Phi) is 5.94. The zero-order chi connectivity index (χ0) is 18.7. The molecule has 0 aromatic heterocycles. The molecule has 0 N–H and O–H groups in total. The third kappa shape index (κ3) is 4.07. The predicted molar refractivity (Wildman–Crippen MR) is 103 cm³/mol. The van der Waals surface area contributed by atoms with E-state index in [9.17, 15) is 9.59 Å². The van der Waals surface area contributed by atoms with E-state index in [1.807, 2.05) is 23.1 Å². The number of amides is 1. The number of nitrogens with zero attached hydrogens (tertiary/aromatic N) is 3. The lowest BCUT2D eigenvalue weighted by Gasteiger charge is -2.37. The molecule has 2 fully saturated rings. The molecular weight excluding hydrogens is 330 g/mol. The SMILES string of the molecule is CC(=O)c1ccc(N2CCN(C)CC2)cc1N(C(C)=O)C1CCOCC1. The second kappa shape index (κ2) is 8.18. The standard InChI is InChI=1S/C20H29N3O3/c1-15(24)19-5-4-18(22-10-8-21(3)9-11-22)14-20(19)23(16(2)25)17-6-12-26-13-7-17/h4-5,14,17H,6-13H2,1-3H3. The number of rotatable bonds is 4. The molecule has 142 valence electrons. The lowest BCUT2D eigenvalue weighted by molar-refractivity contribution is -0.117. The maximum Gasteiger partial charge on any atom is 0.224 e. The highest BCUT2D eigenvalue weighted by atomic mass is 16.5. The molecule has 2 aliphatic heterocycles. The average Bonchev–Trinajstić information content (AvgIpc) is 2.63. The van der Waals surface area contributed by atoms with Crippen LogP contribution in [0.25, 0.3) is 0 Å². The summed E-state index contributed by atoms with van der Waals surface area (Å²) in [4.78, 5) is 31.2. The first-order chi connectivity index (χ1) is 12.5. The summed E-state index contributed by atoms with van der Waals surface area (Å²) in [6, 6.07) is 6.00. The van der Waals surface area contributed by atoms with E-state index in [0.717, 1.165) is 50.4 Å². The summed E-state index contributed by atoms with van der Waals surface area (Å²) in [7, 11) is 2.13. The van der Waals surface area contributed by atoms with Crippen LogP contribution in [0.3, 0.4) is 0 Å². The van der Waals surface area contributed by atoms with Gasteiger partial charge in [0.05, 0.1) is 5.69 Å². The average molecular weight is 359 g/mol. The number of ether oxygens (including phenoxy) is 1. The highest BCUT2D eigenvalue weighted by molar-refractivity contribution is 6.05. The van der Waals surface area contributed by atoms with Crippen LogP contribution in [-0.4, -0.2) is 69.1 Å². The van der Waals surface area contributed by atoms with Crippen LogP contribution in [0, 0.1) is 0 Å². The minimum Gasteiger partial charge on any atom is -0.381 e. The smallest absolute Gasteiger partial charge is 0.224 e. The van der Waals surface area contributed by atoms with Gasteiger partial charge in [-0.05, 0) is 45.0 Å². The molecule has 1 aromatic rings. The van der Waals surface area contributed by atoms with Gasteiger partial charge in [0.25, 0.3) is 0 Å². The van der Waals surface area contributed by atoms with Crippen molar-refractivity contribution in [3.63, 3.8) is 0 Å². The minimum absolute atomic E-state index is 0.0109. The van der Waals surface area contributed by atoms with E-state index in [4.69, 9.17) is 4.74 Å². The number of Topliss-reactive ketones (excluding diaryl/α,β-unsaturated/α-hetero) is 1. The fourth-order valence-electron chi connectivity index (χ4n) is 3.85. The molecule has 0 unspecified atom stereocenters. The molecule has 3 rings (SSSR count). The Morgan fingerprint density at radius 1 is 1.08 bits per heavy atom. The van der Waals surface area contributed by atoms with Crippen molar-refractivity contribution in [3.05, 3.63) is 23.8 Å². The zero-order valence-electron chi connectivity index (χ0n) is 16.0. The van der Waals surface area contributed by atoms with Crippen LogP contribution < -0.4 is 9.80 Å². The largest absolute Gasteiger partial charge is 0.381 e. The Labute approximate surface area is 155 Å². The molecule has 2 aliphatic rings. The summed E-state index contributed by atoms with van der Waals surface area (Å²) in [6.07, 6.45) is 1.60. The van der Waals surface area contributed by atoms with E-state index < -0.39 is 0 Å². The Morgan fingerprint density at radius 2 is 1.73 bits per heavy atom. The van der Waals surface area contributed by atoms with Gasteiger partial charge in [-0.15, -0.1) is 0 Å². The van der Waals surface area contributed by atoms with Gasteiger partial charge in [0, 0.05) is 63.6 Å². The summed E-state index contributed by atoms with van der Waals surface area (Å²) in [5.74, 6) is -0.0295. The molecule has 1 aromatic carbocycles. The lowest BCUT2D eigenvalue weighted by atomic mass is 10.0. The Balaban J connectivity index is 1.97. The van der Waals surface area contributed by atoms with Crippen LogP contribution in [0.1, 0.15) is 37.0 Å². The Bertz CT molecular complexity index is 662. The van der Waals surface area contributed by atoms with Gasteiger partial charge < -0.3 is 19.4 Å². The first kappa shape index (κ1) is 18.9. The molecule has 6 nitrogen and oxygen atoms in total. The predicted octanol–water partition coefficient (Wildman–Crippen LogP) is 2.17. The van der Waals surface area contributed by atoms with Crippen molar-refractivity contribution in [2.75, 3.05) is 56.2 Å². The molecule has 0 atom stereocenters. The van der Waals surface area contributed by atoms with E-state index in [2.05, 4.69) is 16.8 Å². The third-order valence-electron chi connectivity index (χ3n) is 5.38. The fraction of sp³-hybridized carbons (Fsp3) is 0.600. The van der Waals surface area contributed by atoms with E-state index in [1.165, 1.54) is 0 Å². The maximum atomic E-state index is 12.5. The molecule has 2 saturated heterocycles. The molecule has 0 radical (unpaired) electrons. The number of hydrogen-bond donors (Lipinski definition) is 0. The van der Waals surface area contributed by atoms with Crippen molar-refractivity contribution in [2.24, 2.45) is 0 Å². The van der Waals surface area contributed by atoms with Crippen molar-refractivity contribution in [2.45, 2.75) is 32.7 Å². The van der Waals surface area contributed by atoms with Crippen molar-refractivity contribution in [3.8, 4) is 0 Å². The summed E-state index contributed by atoms with van der Waals surface area (Å²) in [5.41, 5.74) is 2.44. The molecule has 0 bridgehead atoms. The van der Waals surface area contributed by atoms with Crippen LogP contribution in [0.2, 0.25) is 0 Å². The van der Waals surface area contributed by atoms with E-state index >= 15 is 0 Å². The topological polar surface area (TPSA) is 53.1 Å². The summed E-state index contributed by atoms with van der Waals surface area (Å²) in [6.45, 7) is 8.39. The first-order valence-corrected chi connectivity index (χ1v) is 9.43. The molecule has 0 saturated carbocycles. The molecule has 2 heterocycles. The van der Waals surface area contributed by atoms with Gasteiger partial charge in [-0.3, -0.25) is 9.59 Å².